The number of imidazole rings is 1. The predicted molar refractivity (Wildman–Crippen MR) is 110 cm³/mol. The van der Waals surface area contributed by atoms with Gasteiger partial charge >= 0.3 is 0 Å². The van der Waals surface area contributed by atoms with Gasteiger partial charge in [-0.1, -0.05) is 17.8 Å². The van der Waals surface area contributed by atoms with Gasteiger partial charge < -0.3 is 4.74 Å². The van der Waals surface area contributed by atoms with E-state index < -0.39 is 16.7 Å². The van der Waals surface area contributed by atoms with Crippen LogP contribution in [0.25, 0.3) is 5.69 Å². The van der Waals surface area contributed by atoms with Crippen molar-refractivity contribution in [2.75, 3.05) is 12.9 Å². The molecule has 0 atom stereocenters. The van der Waals surface area contributed by atoms with E-state index in [1.165, 1.54) is 36.0 Å². The molecule has 1 aromatic heterocycles. The molecule has 2 amide bonds. The third kappa shape index (κ3) is 5.14. The molecule has 0 fully saturated rings. The van der Waals surface area contributed by atoms with E-state index in [0.717, 1.165) is 5.69 Å². The van der Waals surface area contributed by atoms with Gasteiger partial charge in [0.1, 0.15) is 5.75 Å². The summed E-state index contributed by atoms with van der Waals surface area (Å²) in [6, 6.07) is 12.4. The maximum absolute atomic E-state index is 12.1. The largest absolute Gasteiger partial charge is 0.497 e. The zero-order valence-corrected chi connectivity index (χ0v) is 16.6. The van der Waals surface area contributed by atoms with Crippen LogP contribution >= 0.6 is 11.8 Å². The van der Waals surface area contributed by atoms with Gasteiger partial charge in [0.15, 0.2) is 5.16 Å². The number of hydrogen-bond donors (Lipinski definition) is 2. The molecule has 0 saturated heterocycles. The van der Waals surface area contributed by atoms with Crippen LogP contribution in [-0.2, 0) is 4.79 Å². The first-order valence-electron chi connectivity index (χ1n) is 8.62. The number of hydrogen-bond acceptors (Lipinski definition) is 7. The fourth-order valence-corrected chi connectivity index (χ4v) is 3.23. The number of ether oxygens (including phenoxy) is 1. The van der Waals surface area contributed by atoms with E-state index in [0.29, 0.717) is 10.9 Å². The van der Waals surface area contributed by atoms with Crippen LogP contribution in [0.3, 0.4) is 0 Å². The monoisotopic (exact) mass is 427 g/mol. The summed E-state index contributed by atoms with van der Waals surface area (Å²) in [4.78, 5) is 38.4. The first-order chi connectivity index (χ1) is 14.5. The summed E-state index contributed by atoms with van der Waals surface area (Å²) in [5.41, 5.74) is 5.47. The van der Waals surface area contributed by atoms with Crippen LogP contribution in [0.1, 0.15) is 10.4 Å². The molecule has 2 aromatic carbocycles. The summed E-state index contributed by atoms with van der Waals surface area (Å²) >= 11 is 1.20. The zero-order chi connectivity index (χ0) is 21.5. The van der Waals surface area contributed by atoms with Crippen molar-refractivity contribution < 1.29 is 19.2 Å². The molecule has 0 aliphatic carbocycles. The second-order valence-electron chi connectivity index (χ2n) is 5.88. The Labute approximate surface area is 175 Å². The number of hydrazine groups is 1. The number of aromatic nitrogens is 2. The molecule has 30 heavy (non-hydrogen) atoms. The molecule has 154 valence electrons. The van der Waals surface area contributed by atoms with Crippen molar-refractivity contribution in [2.24, 2.45) is 0 Å². The highest BCUT2D eigenvalue weighted by molar-refractivity contribution is 7.99. The number of carbonyl (C=O) groups excluding carboxylic acids is 2. The Morgan fingerprint density at radius 3 is 2.67 bits per heavy atom. The lowest BCUT2D eigenvalue weighted by molar-refractivity contribution is -0.384. The summed E-state index contributed by atoms with van der Waals surface area (Å²) in [5, 5.41) is 11.2. The van der Waals surface area contributed by atoms with Crippen LogP contribution in [-0.4, -0.2) is 39.2 Å². The Balaban J connectivity index is 1.53. The number of thioether (sulfide) groups is 1. The highest BCUT2D eigenvalue weighted by atomic mass is 32.2. The molecule has 0 unspecified atom stereocenters. The normalized spacial score (nSPS) is 10.3. The second-order valence-corrected chi connectivity index (χ2v) is 6.82. The Kier molecular flexibility index (Phi) is 6.65. The smallest absolute Gasteiger partial charge is 0.269 e. The average molecular weight is 427 g/mol. The van der Waals surface area contributed by atoms with Crippen LogP contribution in [0.4, 0.5) is 5.69 Å². The van der Waals surface area contributed by atoms with Crippen molar-refractivity contribution >= 4 is 29.3 Å². The first kappa shape index (κ1) is 20.9. The number of methoxy groups -OCH3 is 1. The topological polar surface area (TPSA) is 128 Å². The second kappa shape index (κ2) is 9.56. The minimum Gasteiger partial charge on any atom is -0.497 e. The van der Waals surface area contributed by atoms with Crippen molar-refractivity contribution in [2.45, 2.75) is 5.16 Å². The Hall–Kier alpha value is -3.86. The fraction of sp³-hybridized carbons (Fsp3) is 0.105. The van der Waals surface area contributed by atoms with Crippen molar-refractivity contribution in [3.8, 4) is 11.4 Å². The van der Waals surface area contributed by atoms with Gasteiger partial charge in [-0.05, 0) is 24.3 Å². The number of rotatable bonds is 7. The van der Waals surface area contributed by atoms with Gasteiger partial charge in [-0.15, -0.1) is 0 Å². The van der Waals surface area contributed by atoms with Gasteiger partial charge in [0.25, 0.3) is 11.6 Å². The lowest BCUT2D eigenvalue weighted by atomic mass is 10.2. The van der Waals surface area contributed by atoms with Crippen LogP contribution in [0.5, 0.6) is 5.75 Å². The summed E-state index contributed by atoms with van der Waals surface area (Å²) in [5.74, 6) is -0.304. The van der Waals surface area contributed by atoms with E-state index in [-0.39, 0.29) is 17.0 Å². The molecule has 3 aromatic rings. The molecule has 10 nitrogen and oxygen atoms in total. The van der Waals surface area contributed by atoms with Crippen molar-refractivity contribution in [1.29, 1.82) is 0 Å². The molecule has 2 N–H and O–H groups in total. The Morgan fingerprint density at radius 1 is 1.20 bits per heavy atom. The van der Waals surface area contributed by atoms with Gasteiger partial charge in [-0.25, -0.2) is 4.98 Å². The molecule has 0 spiro atoms. The van der Waals surface area contributed by atoms with Gasteiger partial charge in [-0.2, -0.15) is 0 Å². The maximum Gasteiger partial charge on any atom is 0.269 e. The molecule has 0 bridgehead atoms. The third-order valence-electron chi connectivity index (χ3n) is 3.93. The Bertz CT molecular complexity index is 1070. The average Bonchev–Trinajstić information content (AvgIpc) is 3.24. The number of nitrogens with zero attached hydrogens (tertiary/aromatic N) is 3. The van der Waals surface area contributed by atoms with Crippen molar-refractivity contribution in [3.63, 3.8) is 0 Å². The lowest BCUT2D eigenvalue weighted by Gasteiger charge is -2.10. The summed E-state index contributed by atoms with van der Waals surface area (Å²) in [6.07, 6.45) is 3.39. The van der Waals surface area contributed by atoms with Crippen LogP contribution in [0, 0.1) is 10.1 Å². The van der Waals surface area contributed by atoms with E-state index in [9.17, 15) is 19.7 Å². The minimum atomic E-state index is -0.582. The van der Waals surface area contributed by atoms with Crippen LogP contribution < -0.4 is 15.6 Å². The molecule has 0 radical (unpaired) electrons. The summed E-state index contributed by atoms with van der Waals surface area (Å²) in [6.45, 7) is 0. The third-order valence-corrected chi connectivity index (χ3v) is 4.89. The first-order valence-corrected chi connectivity index (χ1v) is 9.60. The fourth-order valence-electron chi connectivity index (χ4n) is 2.45. The van der Waals surface area contributed by atoms with E-state index in [1.807, 2.05) is 28.8 Å². The molecular weight excluding hydrogens is 410 g/mol. The van der Waals surface area contributed by atoms with Crippen molar-refractivity contribution in [3.05, 3.63) is 76.6 Å². The number of nitro benzene ring substituents is 1. The lowest BCUT2D eigenvalue weighted by Crippen LogP contribution is -2.42. The molecule has 11 heteroatoms. The summed E-state index contributed by atoms with van der Waals surface area (Å²) < 4.78 is 7.04. The minimum absolute atomic E-state index is 0.0154. The number of amides is 2. The molecular formula is C19H17N5O5S. The number of non-ortho nitro benzene ring substituents is 1. The molecule has 3 rings (SSSR count). The van der Waals surface area contributed by atoms with Crippen molar-refractivity contribution in [1.82, 2.24) is 20.4 Å². The number of carbonyl (C=O) groups is 2. The maximum atomic E-state index is 12.1. The number of benzene rings is 2. The molecule has 0 aliphatic rings. The molecule has 1 heterocycles. The van der Waals surface area contributed by atoms with E-state index in [4.69, 9.17) is 4.74 Å². The quantitative estimate of drug-likeness (QED) is 0.336. The van der Waals surface area contributed by atoms with E-state index in [1.54, 1.807) is 19.5 Å². The van der Waals surface area contributed by atoms with Gasteiger partial charge in [0.2, 0.25) is 5.91 Å². The summed E-state index contributed by atoms with van der Waals surface area (Å²) in [7, 11) is 1.58. The Morgan fingerprint density at radius 2 is 1.97 bits per heavy atom. The SMILES string of the molecule is COc1cccc(-n2ccnc2SCC(=O)NNC(=O)c2ccc([N+](=O)[O-])cc2)c1. The van der Waals surface area contributed by atoms with Gasteiger partial charge in [-0.3, -0.25) is 35.1 Å². The standard InChI is InChI=1S/C19H17N5O5S/c1-29-16-4-2-3-15(11-16)23-10-9-20-19(23)30-12-17(25)21-22-18(26)13-5-7-14(8-6-13)24(27)28/h2-11H,12H2,1H3,(H,21,25)(H,22,26). The highest BCUT2D eigenvalue weighted by Crippen LogP contribution is 2.23. The van der Waals surface area contributed by atoms with Gasteiger partial charge in [0.05, 0.1) is 23.5 Å². The zero-order valence-electron chi connectivity index (χ0n) is 15.8. The van der Waals surface area contributed by atoms with Gasteiger partial charge in [0, 0.05) is 36.2 Å². The van der Waals surface area contributed by atoms with Crippen LogP contribution in [0.15, 0.2) is 66.1 Å². The van der Waals surface area contributed by atoms with E-state index in [2.05, 4.69) is 15.8 Å². The van der Waals surface area contributed by atoms with Crippen LogP contribution in [0.2, 0.25) is 0 Å². The molecule has 0 saturated carbocycles. The molecule has 0 aliphatic heterocycles. The predicted octanol–water partition coefficient (Wildman–Crippen LogP) is 2.34. The number of nitro groups is 1. The number of nitrogens with one attached hydrogen (secondary N) is 2. The van der Waals surface area contributed by atoms with E-state index >= 15 is 0 Å². The highest BCUT2D eigenvalue weighted by Gasteiger charge is 2.12.